The van der Waals surface area contributed by atoms with Gasteiger partial charge in [-0.15, -0.1) is 0 Å². The maximum absolute atomic E-state index is 13.0. The molecule has 0 spiro atoms. The van der Waals surface area contributed by atoms with Crippen LogP contribution in [0.25, 0.3) is 16.6 Å². The van der Waals surface area contributed by atoms with E-state index < -0.39 is 5.97 Å². The van der Waals surface area contributed by atoms with Gasteiger partial charge in [-0.25, -0.2) is 4.98 Å². The predicted molar refractivity (Wildman–Crippen MR) is 102 cm³/mol. The smallest absolute Gasteiger partial charge is 0.266 e. The fourth-order valence-electron chi connectivity index (χ4n) is 2.59. The van der Waals surface area contributed by atoms with Crippen LogP contribution < -0.4 is 10.7 Å². The zero-order chi connectivity index (χ0) is 18.5. The normalized spacial score (nSPS) is 11.0. The van der Waals surface area contributed by atoms with Gasteiger partial charge in [0.15, 0.2) is 5.16 Å². The highest BCUT2D eigenvalue weighted by atomic mass is 35.5. The number of hydrogen-bond acceptors (Lipinski definition) is 5. The number of para-hydroxylation sites is 1. The van der Waals surface area contributed by atoms with E-state index in [1.807, 2.05) is 12.1 Å². The molecule has 0 radical (unpaired) electrons. The van der Waals surface area contributed by atoms with E-state index in [1.54, 1.807) is 41.0 Å². The molecule has 2 aromatic carbocycles. The van der Waals surface area contributed by atoms with Crippen molar-refractivity contribution in [3.05, 3.63) is 63.9 Å². The van der Waals surface area contributed by atoms with Gasteiger partial charge in [0.1, 0.15) is 0 Å². The highest BCUT2D eigenvalue weighted by Gasteiger charge is 2.13. The van der Waals surface area contributed by atoms with E-state index in [1.165, 1.54) is 11.8 Å². The van der Waals surface area contributed by atoms with Crippen molar-refractivity contribution >= 4 is 40.2 Å². The van der Waals surface area contributed by atoms with Crippen LogP contribution in [0.2, 0.25) is 5.02 Å². The lowest BCUT2D eigenvalue weighted by Crippen LogP contribution is -2.22. The van der Waals surface area contributed by atoms with Crippen molar-refractivity contribution in [3.63, 3.8) is 0 Å². The van der Waals surface area contributed by atoms with Crippen molar-refractivity contribution in [1.82, 2.24) is 9.55 Å². The summed E-state index contributed by atoms with van der Waals surface area (Å²) in [6.07, 6.45) is 1.26. The number of fused-ring (bicyclic) bond motifs is 1. The van der Waals surface area contributed by atoms with Gasteiger partial charge < -0.3 is 9.90 Å². The summed E-state index contributed by atoms with van der Waals surface area (Å²) in [7, 11) is 0. The molecule has 0 aliphatic heterocycles. The molecule has 0 aliphatic rings. The van der Waals surface area contributed by atoms with Crippen LogP contribution in [0, 0.1) is 0 Å². The summed E-state index contributed by atoms with van der Waals surface area (Å²) in [6.45, 7) is 0. The third kappa shape index (κ3) is 4.26. The number of carbonyl (C=O) groups is 1. The van der Waals surface area contributed by atoms with Gasteiger partial charge in [-0.05, 0) is 49.6 Å². The summed E-state index contributed by atoms with van der Waals surface area (Å²) in [5, 5.41) is 12.1. The van der Waals surface area contributed by atoms with Crippen molar-refractivity contribution in [2.75, 3.05) is 5.75 Å². The Bertz CT molecular complexity index is 1000. The Labute approximate surface area is 159 Å². The number of carboxylic acid groups (broad SMARTS) is 1. The van der Waals surface area contributed by atoms with Gasteiger partial charge in [-0.3, -0.25) is 9.36 Å². The second kappa shape index (κ2) is 8.38. The fourth-order valence-corrected chi connectivity index (χ4v) is 3.78. The number of aromatic nitrogens is 2. The number of benzene rings is 2. The Hall–Kier alpha value is -2.31. The third-order valence-electron chi connectivity index (χ3n) is 3.82. The van der Waals surface area contributed by atoms with E-state index in [2.05, 4.69) is 4.98 Å². The Kier molecular flexibility index (Phi) is 5.96. The number of thioether (sulfide) groups is 1. The summed E-state index contributed by atoms with van der Waals surface area (Å²) in [5.74, 6) is -0.395. The van der Waals surface area contributed by atoms with Crippen LogP contribution in [0.15, 0.2) is 58.5 Å². The van der Waals surface area contributed by atoms with Crippen LogP contribution in [-0.4, -0.2) is 21.3 Å². The van der Waals surface area contributed by atoms with Crippen molar-refractivity contribution in [2.24, 2.45) is 0 Å². The second-order valence-electron chi connectivity index (χ2n) is 5.71. The van der Waals surface area contributed by atoms with E-state index in [0.717, 1.165) is 0 Å². The van der Waals surface area contributed by atoms with E-state index >= 15 is 0 Å². The first kappa shape index (κ1) is 18.5. The zero-order valence-corrected chi connectivity index (χ0v) is 15.4. The number of rotatable bonds is 7. The molecular formula is C19H16ClN2O3S-. The van der Waals surface area contributed by atoms with Crippen molar-refractivity contribution in [3.8, 4) is 5.69 Å². The van der Waals surface area contributed by atoms with Crippen molar-refractivity contribution < 1.29 is 9.90 Å². The molecule has 0 aliphatic carbocycles. The van der Waals surface area contributed by atoms with Crippen LogP contribution in [-0.2, 0) is 4.79 Å². The number of hydrogen-bond donors (Lipinski definition) is 0. The minimum absolute atomic E-state index is 0.0345. The molecule has 3 aromatic rings. The van der Waals surface area contributed by atoms with E-state index in [-0.39, 0.29) is 12.0 Å². The van der Waals surface area contributed by atoms with Crippen LogP contribution >= 0.6 is 23.4 Å². The van der Waals surface area contributed by atoms with E-state index in [9.17, 15) is 14.7 Å². The molecule has 0 unspecified atom stereocenters. The lowest BCUT2D eigenvalue weighted by molar-refractivity contribution is -0.305. The molecule has 1 heterocycles. The maximum Gasteiger partial charge on any atom is 0.266 e. The minimum Gasteiger partial charge on any atom is -0.550 e. The number of carbonyl (C=O) groups excluding carboxylic acids is 1. The SMILES string of the molecule is O=C([O-])CCCCSc1nc2ccccc2c(=O)n1-c1cccc(Cl)c1. The highest BCUT2D eigenvalue weighted by molar-refractivity contribution is 7.99. The molecule has 0 N–H and O–H groups in total. The molecule has 26 heavy (non-hydrogen) atoms. The molecule has 0 amide bonds. The first-order valence-electron chi connectivity index (χ1n) is 8.16. The summed E-state index contributed by atoms with van der Waals surface area (Å²) < 4.78 is 1.55. The maximum atomic E-state index is 13.0. The molecule has 0 saturated carbocycles. The number of nitrogens with zero attached hydrogens (tertiary/aromatic N) is 2. The number of unbranched alkanes of at least 4 members (excludes halogenated alkanes) is 1. The highest BCUT2D eigenvalue weighted by Crippen LogP contribution is 2.23. The van der Waals surface area contributed by atoms with E-state index in [4.69, 9.17) is 11.6 Å². The van der Waals surface area contributed by atoms with Crippen LogP contribution in [0.4, 0.5) is 0 Å². The fraction of sp³-hybridized carbons (Fsp3) is 0.211. The average Bonchev–Trinajstić information content (AvgIpc) is 2.61. The van der Waals surface area contributed by atoms with Crippen LogP contribution in [0.5, 0.6) is 0 Å². The van der Waals surface area contributed by atoms with Gasteiger partial charge in [0.2, 0.25) is 0 Å². The Morgan fingerprint density at radius 3 is 2.73 bits per heavy atom. The van der Waals surface area contributed by atoms with Gasteiger partial charge in [0.05, 0.1) is 16.6 Å². The second-order valence-corrected chi connectivity index (χ2v) is 7.21. The van der Waals surface area contributed by atoms with Crippen LogP contribution in [0.1, 0.15) is 19.3 Å². The monoisotopic (exact) mass is 387 g/mol. The van der Waals surface area contributed by atoms with Gasteiger partial charge in [0.25, 0.3) is 5.56 Å². The number of aliphatic carboxylic acids is 1. The average molecular weight is 388 g/mol. The first-order chi connectivity index (χ1) is 12.6. The molecule has 0 fully saturated rings. The molecule has 0 saturated heterocycles. The van der Waals surface area contributed by atoms with E-state index in [0.29, 0.717) is 45.4 Å². The molecule has 134 valence electrons. The lowest BCUT2D eigenvalue weighted by Gasteiger charge is -2.13. The molecule has 0 bridgehead atoms. The quantitative estimate of drug-likeness (QED) is 0.354. The van der Waals surface area contributed by atoms with Gasteiger partial charge in [-0.2, -0.15) is 0 Å². The zero-order valence-electron chi connectivity index (χ0n) is 13.9. The predicted octanol–water partition coefficient (Wildman–Crippen LogP) is 3.05. The number of carboxylic acids is 1. The number of halogens is 1. The summed E-state index contributed by atoms with van der Waals surface area (Å²) >= 11 is 7.51. The van der Waals surface area contributed by atoms with Crippen molar-refractivity contribution in [2.45, 2.75) is 24.4 Å². The largest absolute Gasteiger partial charge is 0.550 e. The van der Waals surface area contributed by atoms with Gasteiger partial charge in [0, 0.05) is 16.7 Å². The summed E-state index contributed by atoms with van der Waals surface area (Å²) in [6, 6.07) is 14.3. The lowest BCUT2D eigenvalue weighted by atomic mass is 10.2. The minimum atomic E-state index is -1.05. The Balaban J connectivity index is 1.98. The topological polar surface area (TPSA) is 75.0 Å². The Morgan fingerprint density at radius 1 is 1.15 bits per heavy atom. The molecule has 5 nitrogen and oxygen atoms in total. The molecule has 3 rings (SSSR count). The first-order valence-corrected chi connectivity index (χ1v) is 9.53. The van der Waals surface area contributed by atoms with Crippen LogP contribution in [0.3, 0.4) is 0 Å². The van der Waals surface area contributed by atoms with Gasteiger partial charge >= 0.3 is 0 Å². The molecule has 1 aromatic heterocycles. The summed E-state index contributed by atoms with van der Waals surface area (Å²) in [4.78, 5) is 28.2. The molecular weight excluding hydrogens is 372 g/mol. The Morgan fingerprint density at radius 2 is 1.96 bits per heavy atom. The summed E-state index contributed by atoms with van der Waals surface area (Å²) in [5.41, 5.74) is 1.13. The molecule has 0 atom stereocenters. The van der Waals surface area contributed by atoms with Crippen molar-refractivity contribution in [1.29, 1.82) is 0 Å². The molecule has 7 heteroatoms. The standard InChI is InChI=1S/C19H17ClN2O3S/c20-13-6-5-7-14(12-13)22-18(25)15-8-1-2-9-16(15)21-19(22)26-11-4-3-10-17(23)24/h1-2,5-9,12H,3-4,10-11H2,(H,23,24)/p-1. The van der Waals surface area contributed by atoms with Gasteiger partial charge in [-0.1, -0.05) is 41.6 Å². The third-order valence-corrected chi connectivity index (χ3v) is 5.08.